The highest BCUT2D eigenvalue weighted by Gasteiger charge is 2.14. The molecule has 0 heterocycles. The monoisotopic (exact) mass is 208 g/mol. The van der Waals surface area contributed by atoms with E-state index in [2.05, 4.69) is 13.2 Å². The summed E-state index contributed by atoms with van der Waals surface area (Å²) in [5, 5.41) is 8.83. The van der Waals surface area contributed by atoms with Crippen LogP contribution in [0.3, 0.4) is 0 Å². The average Bonchev–Trinajstić information content (AvgIpc) is 2.12. The van der Waals surface area contributed by atoms with Crippen LogP contribution in [0.4, 0.5) is 0 Å². The molecule has 0 rings (SSSR count). The third kappa shape index (κ3) is 4.61. The Morgan fingerprint density at radius 2 is 1.73 bits per heavy atom. The molecule has 0 spiro atoms. The summed E-state index contributed by atoms with van der Waals surface area (Å²) in [5.74, 6) is -1.87. The maximum absolute atomic E-state index is 10.8. The molecular formula is C11H12O4. The number of hydrogen-bond donors (Lipinski definition) is 1. The van der Waals surface area contributed by atoms with Crippen molar-refractivity contribution < 1.29 is 19.4 Å². The van der Waals surface area contributed by atoms with Gasteiger partial charge in [0, 0.05) is 6.92 Å². The van der Waals surface area contributed by atoms with Crippen molar-refractivity contribution in [3.8, 4) is 0 Å². The van der Waals surface area contributed by atoms with Crippen LogP contribution in [0.15, 0.2) is 48.8 Å². The Morgan fingerprint density at radius 3 is 2.07 bits per heavy atom. The second kappa shape index (κ2) is 6.37. The zero-order valence-corrected chi connectivity index (χ0v) is 8.40. The number of carbonyl (C=O) groups is 2. The molecule has 0 aromatic rings. The number of aliphatic carboxylic acids is 1. The lowest BCUT2D eigenvalue weighted by molar-refractivity contribution is -0.137. The molecule has 15 heavy (non-hydrogen) atoms. The molecule has 0 aromatic carbocycles. The number of hydrogen-bond acceptors (Lipinski definition) is 3. The van der Waals surface area contributed by atoms with Crippen molar-refractivity contribution in [3.63, 3.8) is 0 Å². The maximum atomic E-state index is 10.8. The first-order valence-corrected chi connectivity index (χ1v) is 4.10. The first kappa shape index (κ1) is 12.9. The second-order valence-electron chi connectivity index (χ2n) is 2.48. The van der Waals surface area contributed by atoms with Gasteiger partial charge in [-0.05, 0) is 12.2 Å². The van der Waals surface area contributed by atoms with E-state index in [0.29, 0.717) is 0 Å². The van der Waals surface area contributed by atoms with Crippen molar-refractivity contribution in [3.05, 3.63) is 48.8 Å². The normalized spacial score (nSPS) is 11.8. The van der Waals surface area contributed by atoms with Crippen molar-refractivity contribution in [1.82, 2.24) is 0 Å². The van der Waals surface area contributed by atoms with Crippen LogP contribution in [0.1, 0.15) is 6.92 Å². The van der Waals surface area contributed by atoms with E-state index in [1.54, 1.807) is 0 Å². The molecule has 0 saturated heterocycles. The molecular weight excluding hydrogens is 196 g/mol. The summed E-state index contributed by atoms with van der Waals surface area (Å²) in [5.41, 5.74) is -0.153. The molecule has 80 valence electrons. The first-order chi connectivity index (χ1) is 7.02. The molecule has 0 fully saturated rings. The van der Waals surface area contributed by atoms with E-state index < -0.39 is 11.9 Å². The van der Waals surface area contributed by atoms with Crippen LogP contribution in [0.25, 0.3) is 0 Å². The molecule has 4 nitrogen and oxygen atoms in total. The molecule has 0 aromatic heterocycles. The van der Waals surface area contributed by atoms with Crippen molar-refractivity contribution in [1.29, 1.82) is 0 Å². The smallest absolute Gasteiger partial charge is 0.339 e. The minimum atomic E-state index is -1.20. The number of carbonyl (C=O) groups excluding carboxylic acids is 1. The lowest BCUT2D eigenvalue weighted by Gasteiger charge is -2.06. The van der Waals surface area contributed by atoms with Gasteiger partial charge in [0.15, 0.2) is 0 Å². The third-order valence-electron chi connectivity index (χ3n) is 1.30. The zero-order chi connectivity index (χ0) is 11.8. The summed E-state index contributed by atoms with van der Waals surface area (Å²) in [7, 11) is 0. The van der Waals surface area contributed by atoms with Gasteiger partial charge in [0.1, 0.15) is 11.3 Å². The Balaban J connectivity index is 5.19. The summed E-state index contributed by atoms with van der Waals surface area (Å²) in [6, 6.07) is 0. The molecule has 0 aliphatic carbocycles. The summed E-state index contributed by atoms with van der Waals surface area (Å²) in [6.45, 7) is 7.95. The number of rotatable bonds is 5. The van der Waals surface area contributed by atoms with E-state index >= 15 is 0 Å². The SMILES string of the molecule is C=C/C=C(OC(C)=O)\C(=C/C=C)C(=O)O. The van der Waals surface area contributed by atoms with E-state index in [1.807, 2.05) is 0 Å². The highest BCUT2D eigenvalue weighted by molar-refractivity contribution is 5.92. The van der Waals surface area contributed by atoms with Gasteiger partial charge in [0.2, 0.25) is 0 Å². The highest BCUT2D eigenvalue weighted by Crippen LogP contribution is 2.12. The Morgan fingerprint density at radius 1 is 1.20 bits per heavy atom. The highest BCUT2D eigenvalue weighted by atomic mass is 16.5. The molecule has 0 aliphatic rings. The fourth-order valence-corrected chi connectivity index (χ4v) is 0.817. The first-order valence-electron chi connectivity index (χ1n) is 4.10. The van der Waals surface area contributed by atoms with Crippen LogP contribution in [0, 0.1) is 0 Å². The van der Waals surface area contributed by atoms with Crippen molar-refractivity contribution in [2.45, 2.75) is 6.92 Å². The maximum Gasteiger partial charge on any atom is 0.339 e. The van der Waals surface area contributed by atoms with Gasteiger partial charge in [0.25, 0.3) is 0 Å². The van der Waals surface area contributed by atoms with Crippen LogP contribution in [0.2, 0.25) is 0 Å². The predicted octanol–water partition coefficient (Wildman–Crippen LogP) is 1.82. The Bertz CT molecular complexity index is 348. The van der Waals surface area contributed by atoms with E-state index in [-0.39, 0.29) is 11.3 Å². The van der Waals surface area contributed by atoms with Gasteiger partial charge in [-0.2, -0.15) is 0 Å². The quantitative estimate of drug-likeness (QED) is 0.324. The molecule has 0 unspecified atom stereocenters. The van der Waals surface area contributed by atoms with Crippen molar-refractivity contribution >= 4 is 11.9 Å². The van der Waals surface area contributed by atoms with Gasteiger partial charge < -0.3 is 9.84 Å². The lowest BCUT2D eigenvalue weighted by atomic mass is 10.2. The largest absolute Gasteiger partial charge is 0.478 e. The van der Waals surface area contributed by atoms with Gasteiger partial charge in [-0.1, -0.05) is 25.3 Å². The van der Waals surface area contributed by atoms with E-state index in [9.17, 15) is 9.59 Å². The van der Waals surface area contributed by atoms with Gasteiger partial charge in [-0.3, -0.25) is 4.79 Å². The summed E-state index contributed by atoms with van der Waals surface area (Å²) < 4.78 is 4.72. The van der Waals surface area contributed by atoms with E-state index in [1.165, 1.54) is 31.2 Å². The van der Waals surface area contributed by atoms with Crippen molar-refractivity contribution in [2.24, 2.45) is 0 Å². The number of allylic oxidation sites excluding steroid dienone is 4. The Kier molecular flexibility index (Phi) is 5.48. The minimum Gasteiger partial charge on any atom is -0.478 e. The summed E-state index contributed by atoms with van der Waals surface area (Å²) in [6.07, 6.45) is 5.16. The van der Waals surface area contributed by atoms with Gasteiger partial charge in [0.05, 0.1) is 0 Å². The van der Waals surface area contributed by atoms with Gasteiger partial charge in [-0.15, -0.1) is 0 Å². The number of carboxylic acid groups (broad SMARTS) is 1. The van der Waals surface area contributed by atoms with E-state index in [0.717, 1.165) is 0 Å². The van der Waals surface area contributed by atoms with Crippen LogP contribution in [-0.4, -0.2) is 17.0 Å². The standard InChI is InChI=1S/C11H12O4/c1-4-6-9(11(13)14)10(7-5-2)15-8(3)12/h4-7H,1-2H2,3H3,(H,13,14)/b9-6+,10-7+. The van der Waals surface area contributed by atoms with E-state index in [4.69, 9.17) is 9.84 Å². The fourth-order valence-electron chi connectivity index (χ4n) is 0.817. The molecule has 0 radical (unpaired) electrons. The number of carboxylic acids is 1. The lowest BCUT2D eigenvalue weighted by Crippen LogP contribution is -2.09. The van der Waals surface area contributed by atoms with Gasteiger partial charge >= 0.3 is 11.9 Å². The van der Waals surface area contributed by atoms with Crippen LogP contribution < -0.4 is 0 Å². The average molecular weight is 208 g/mol. The number of ether oxygens (including phenoxy) is 1. The Labute approximate surface area is 87.9 Å². The summed E-state index contributed by atoms with van der Waals surface area (Å²) in [4.78, 5) is 21.5. The fraction of sp³-hybridized carbons (Fsp3) is 0.0909. The molecule has 0 amide bonds. The third-order valence-corrected chi connectivity index (χ3v) is 1.30. The minimum absolute atomic E-state index is 0.0649. The number of esters is 1. The van der Waals surface area contributed by atoms with Crippen LogP contribution in [-0.2, 0) is 14.3 Å². The topological polar surface area (TPSA) is 63.6 Å². The molecule has 0 saturated carbocycles. The Hall–Kier alpha value is -2.10. The van der Waals surface area contributed by atoms with Gasteiger partial charge in [-0.25, -0.2) is 4.79 Å². The molecule has 1 N–H and O–H groups in total. The zero-order valence-electron chi connectivity index (χ0n) is 8.40. The van der Waals surface area contributed by atoms with Crippen molar-refractivity contribution in [2.75, 3.05) is 0 Å². The molecule has 0 bridgehead atoms. The van der Waals surface area contributed by atoms with Crippen LogP contribution >= 0.6 is 0 Å². The molecule has 4 heteroatoms. The predicted molar refractivity (Wildman–Crippen MR) is 56.0 cm³/mol. The summed E-state index contributed by atoms with van der Waals surface area (Å²) >= 11 is 0. The molecule has 0 aliphatic heterocycles. The molecule has 0 atom stereocenters. The second-order valence-corrected chi connectivity index (χ2v) is 2.48. The van der Waals surface area contributed by atoms with Crippen LogP contribution in [0.5, 0.6) is 0 Å².